The van der Waals surface area contributed by atoms with Crippen LogP contribution in [0.1, 0.15) is 36.5 Å². The highest BCUT2D eigenvalue weighted by Crippen LogP contribution is 2.20. The number of aliphatic imine (C=N–C) groups is 1. The molecule has 0 unspecified atom stereocenters. The molecule has 0 aliphatic heterocycles. The van der Waals surface area contributed by atoms with Crippen LogP contribution < -0.4 is 25.4 Å². The van der Waals surface area contributed by atoms with Crippen molar-refractivity contribution in [3.05, 3.63) is 59.2 Å². The second kappa shape index (κ2) is 11.2. The third-order valence-corrected chi connectivity index (χ3v) is 4.86. The minimum atomic E-state index is -0.0711. The van der Waals surface area contributed by atoms with E-state index in [-0.39, 0.29) is 12.5 Å². The topological polar surface area (TPSA) is 84.0 Å². The molecule has 3 N–H and O–H groups in total. The Morgan fingerprint density at radius 3 is 2.65 bits per heavy atom. The molecule has 0 bridgehead atoms. The normalized spacial score (nSPS) is 13.5. The fourth-order valence-corrected chi connectivity index (χ4v) is 3.07. The molecule has 0 aromatic heterocycles. The SMILES string of the molecule is CCOc1cc(C)ccc1CNC(=NC)NCc1cccc(OCC(=O)NC2CC2)c1. The van der Waals surface area contributed by atoms with Crippen LogP contribution >= 0.6 is 0 Å². The van der Waals surface area contributed by atoms with Crippen molar-refractivity contribution in [3.63, 3.8) is 0 Å². The Kier molecular flexibility index (Phi) is 8.15. The molecule has 1 aliphatic rings. The zero-order valence-corrected chi connectivity index (χ0v) is 18.5. The number of aryl methyl sites for hydroxylation is 1. The molecule has 7 nitrogen and oxygen atoms in total. The van der Waals surface area contributed by atoms with Crippen molar-refractivity contribution < 1.29 is 14.3 Å². The molecule has 2 aromatic rings. The number of hydrogen-bond donors (Lipinski definition) is 3. The minimum Gasteiger partial charge on any atom is -0.494 e. The van der Waals surface area contributed by atoms with Gasteiger partial charge in [0.25, 0.3) is 5.91 Å². The molecule has 166 valence electrons. The summed E-state index contributed by atoms with van der Waals surface area (Å²) in [4.78, 5) is 16.1. The lowest BCUT2D eigenvalue weighted by Crippen LogP contribution is -2.36. The average Bonchev–Trinajstić information content (AvgIpc) is 3.58. The molecule has 0 saturated heterocycles. The van der Waals surface area contributed by atoms with Crippen LogP contribution in [0.25, 0.3) is 0 Å². The van der Waals surface area contributed by atoms with Crippen LogP contribution in [0.4, 0.5) is 0 Å². The second-order valence-electron chi connectivity index (χ2n) is 7.60. The number of guanidine groups is 1. The average molecular weight is 425 g/mol. The first-order valence-corrected chi connectivity index (χ1v) is 10.7. The minimum absolute atomic E-state index is 0.0370. The molecule has 0 radical (unpaired) electrons. The monoisotopic (exact) mass is 424 g/mol. The number of rotatable bonds is 10. The number of carbonyl (C=O) groups excluding carboxylic acids is 1. The Labute approximate surface area is 184 Å². The first-order valence-electron chi connectivity index (χ1n) is 10.7. The van der Waals surface area contributed by atoms with Gasteiger partial charge in [0.15, 0.2) is 12.6 Å². The fourth-order valence-electron chi connectivity index (χ4n) is 3.07. The lowest BCUT2D eigenvalue weighted by Gasteiger charge is -2.15. The third kappa shape index (κ3) is 7.51. The Balaban J connectivity index is 1.48. The van der Waals surface area contributed by atoms with Crippen molar-refractivity contribution in [2.75, 3.05) is 20.3 Å². The number of nitrogens with zero attached hydrogens (tertiary/aromatic N) is 1. The van der Waals surface area contributed by atoms with E-state index in [4.69, 9.17) is 9.47 Å². The molecular formula is C24H32N4O3. The van der Waals surface area contributed by atoms with E-state index >= 15 is 0 Å². The first-order chi connectivity index (χ1) is 15.1. The summed E-state index contributed by atoms with van der Waals surface area (Å²) >= 11 is 0. The number of benzene rings is 2. The molecule has 3 rings (SSSR count). The van der Waals surface area contributed by atoms with E-state index in [1.165, 1.54) is 5.56 Å². The van der Waals surface area contributed by atoms with Crippen molar-refractivity contribution >= 4 is 11.9 Å². The van der Waals surface area contributed by atoms with Crippen LogP contribution in [0.3, 0.4) is 0 Å². The van der Waals surface area contributed by atoms with Gasteiger partial charge in [0, 0.05) is 31.7 Å². The van der Waals surface area contributed by atoms with Gasteiger partial charge in [-0.2, -0.15) is 0 Å². The maximum absolute atomic E-state index is 11.8. The summed E-state index contributed by atoms with van der Waals surface area (Å²) in [6.07, 6.45) is 2.14. The number of ether oxygens (including phenoxy) is 2. The van der Waals surface area contributed by atoms with Crippen LogP contribution in [0.5, 0.6) is 11.5 Å². The van der Waals surface area contributed by atoms with Crippen molar-refractivity contribution in [2.45, 2.75) is 45.8 Å². The molecule has 1 saturated carbocycles. The van der Waals surface area contributed by atoms with Crippen molar-refractivity contribution in [1.29, 1.82) is 0 Å². The molecule has 31 heavy (non-hydrogen) atoms. The highest BCUT2D eigenvalue weighted by Gasteiger charge is 2.23. The zero-order valence-electron chi connectivity index (χ0n) is 18.5. The summed E-state index contributed by atoms with van der Waals surface area (Å²) in [5.41, 5.74) is 3.28. The summed E-state index contributed by atoms with van der Waals surface area (Å²) in [5.74, 6) is 2.19. The predicted molar refractivity (Wildman–Crippen MR) is 122 cm³/mol. The Hall–Kier alpha value is -3.22. The quantitative estimate of drug-likeness (QED) is 0.403. The summed E-state index contributed by atoms with van der Waals surface area (Å²) in [7, 11) is 1.74. The molecule has 1 fully saturated rings. The van der Waals surface area contributed by atoms with Crippen molar-refractivity contribution in [2.24, 2.45) is 4.99 Å². The van der Waals surface area contributed by atoms with Gasteiger partial charge in [0.2, 0.25) is 0 Å². The van der Waals surface area contributed by atoms with Gasteiger partial charge in [-0.1, -0.05) is 24.3 Å². The molecule has 0 heterocycles. The van der Waals surface area contributed by atoms with E-state index in [2.05, 4.69) is 40.0 Å². The van der Waals surface area contributed by atoms with Gasteiger partial charge in [-0.25, -0.2) is 0 Å². The van der Waals surface area contributed by atoms with E-state index in [1.807, 2.05) is 37.3 Å². The number of carbonyl (C=O) groups is 1. The molecule has 0 spiro atoms. The summed E-state index contributed by atoms with van der Waals surface area (Å²) in [6.45, 7) is 5.89. The molecule has 1 aliphatic carbocycles. The van der Waals surface area contributed by atoms with Crippen LogP contribution in [0, 0.1) is 6.92 Å². The van der Waals surface area contributed by atoms with Crippen LogP contribution in [0.2, 0.25) is 0 Å². The van der Waals surface area contributed by atoms with Crippen LogP contribution in [0.15, 0.2) is 47.5 Å². The standard InChI is InChI=1S/C24H32N4O3/c1-4-30-22-12-17(2)8-9-19(22)15-27-24(25-3)26-14-18-6-5-7-21(13-18)31-16-23(29)28-20-10-11-20/h5-9,12-13,20H,4,10-11,14-16H2,1-3H3,(H,28,29)(H2,25,26,27). The highest BCUT2D eigenvalue weighted by atomic mass is 16.5. The van der Waals surface area contributed by atoms with Gasteiger partial charge in [-0.05, 0) is 56.0 Å². The highest BCUT2D eigenvalue weighted by molar-refractivity contribution is 5.79. The lowest BCUT2D eigenvalue weighted by atomic mass is 10.1. The van der Waals surface area contributed by atoms with Crippen LogP contribution in [-0.4, -0.2) is 38.2 Å². The Morgan fingerprint density at radius 2 is 1.90 bits per heavy atom. The van der Waals surface area contributed by atoms with Gasteiger partial charge < -0.3 is 25.4 Å². The number of amides is 1. The van der Waals surface area contributed by atoms with Gasteiger partial charge >= 0.3 is 0 Å². The fraction of sp³-hybridized carbons (Fsp3) is 0.417. The van der Waals surface area contributed by atoms with Crippen molar-refractivity contribution in [3.8, 4) is 11.5 Å². The van der Waals surface area contributed by atoms with E-state index in [0.29, 0.717) is 37.4 Å². The van der Waals surface area contributed by atoms with Crippen LogP contribution in [-0.2, 0) is 17.9 Å². The summed E-state index contributed by atoms with van der Waals surface area (Å²) in [6, 6.07) is 14.2. The zero-order chi connectivity index (χ0) is 22.1. The van der Waals surface area contributed by atoms with E-state index < -0.39 is 0 Å². The maximum Gasteiger partial charge on any atom is 0.258 e. The third-order valence-electron chi connectivity index (χ3n) is 4.86. The molecule has 0 atom stereocenters. The summed E-state index contributed by atoms with van der Waals surface area (Å²) in [5, 5.41) is 9.56. The Bertz CT molecular complexity index is 909. The molecular weight excluding hydrogens is 392 g/mol. The van der Waals surface area contributed by atoms with Gasteiger partial charge in [-0.15, -0.1) is 0 Å². The number of nitrogens with one attached hydrogen (secondary N) is 3. The predicted octanol–water partition coefficient (Wildman–Crippen LogP) is 2.92. The van der Waals surface area contributed by atoms with E-state index in [1.54, 1.807) is 7.05 Å². The smallest absolute Gasteiger partial charge is 0.258 e. The second-order valence-corrected chi connectivity index (χ2v) is 7.60. The molecule has 2 aromatic carbocycles. The molecule has 7 heteroatoms. The van der Waals surface area contributed by atoms with Gasteiger partial charge in [-0.3, -0.25) is 9.79 Å². The van der Waals surface area contributed by atoms with Crippen molar-refractivity contribution in [1.82, 2.24) is 16.0 Å². The molecule has 1 amide bonds. The Morgan fingerprint density at radius 1 is 1.10 bits per heavy atom. The number of hydrogen-bond acceptors (Lipinski definition) is 4. The van der Waals surface area contributed by atoms with E-state index in [9.17, 15) is 4.79 Å². The maximum atomic E-state index is 11.8. The van der Waals surface area contributed by atoms with E-state index in [0.717, 1.165) is 29.7 Å². The van der Waals surface area contributed by atoms with Gasteiger partial charge in [0.1, 0.15) is 11.5 Å². The first kappa shape index (κ1) is 22.5. The summed E-state index contributed by atoms with van der Waals surface area (Å²) < 4.78 is 11.4. The largest absolute Gasteiger partial charge is 0.494 e. The van der Waals surface area contributed by atoms with Gasteiger partial charge in [0.05, 0.1) is 6.61 Å². The lowest BCUT2D eigenvalue weighted by molar-refractivity contribution is -0.123.